The Morgan fingerprint density at radius 2 is 1.42 bits per heavy atom. The van der Waals surface area contributed by atoms with Crippen LogP contribution in [0.4, 0.5) is 27.6 Å². The van der Waals surface area contributed by atoms with Gasteiger partial charge in [0.25, 0.3) is 17.7 Å². The van der Waals surface area contributed by atoms with E-state index in [9.17, 15) is 36.3 Å². The summed E-state index contributed by atoms with van der Waals surface area (Å²) in [5.41, 5.74) is 1.59. The number of allylic oxidation sites excluding steroid dienone is 1. The molecule has 3 heterocycles. The highest BCUT2D eigenvalue weighted by molar-refractivity contribution is 6.25. The third-order valence-electron chi connectivity index (χ3n) is 9.39. The van der Waals surface area contributed by atoms with Crippen LogP contribution in [0.25, 0.3) is 6.08 Å². The molecule has 3 aromatic rings. The van der Waals surface area contributed by atoms with Gasteiger partial charge in [-0.1, -0.05) is 29.5 Å². The predicted octanol–water partition coefficient (Wildman–Crippen LogP) is 6.30. The van der Waals surface area contributed by atoms with Crippen molar-refractivity contribution in [3.05, 3.63) is 94.3 Å². The SMILES string of the molecule is CCOc1ccc(/C=C2\CCC[C@@H]3C2=NN(C(=O)CN2N=N[C@@H]4C(=O)N(c5c(F)c(F)c(F)c(F)c5F)C(=O)[C@@H]42)[C@@H]3c2ccc(OCC)cc2)cc1. The molecule has 52 heavy (non-hydrogen) atoms. The summed E-state index contributed by atoms with van der Waals surface area (Å²) >= 11 is 0. The first kappa shape index (κ1) is 34.8. The first-order chi connectivity index (χ1) is 25.0. The molecular formula is C36H31F5N6O5. The number of fused-ring (bicyclic) bond motifs is 2. The van der Waals surface area contributed by atoms with Gasteiger partial charge in [0.1, 0.15) is 23.7 Å². The molecular weight excluding hydrogens is 691 g/mol. The number of anilines is 1. The fraction of sp³-hybridized carbons (Fsp3) is 0.333. The van der Waals surface area contributed by atoms with Crippen molar-refractivity contribution in [2.75, 3.05) is 24.7 Å². The number of halogens is 5. The number of carbonyl (C=O) groups excluding carboxylic acids is 3. The van der Waals surface area contributed by atoms with Crippen LogP contribution in [0.3, 0.4) is 0 Å². The van der Waals surface area contributed by atoms with Crippen molar-refractivity contribution in [3.63, 3.8) is 0 Å². The van der Waals surface area contributed by atoms with Crippen molar-refractivity contribution in [2.45, 2.75) is 51.2 Å². The highest BCUT2D eigenvalue weighted by Gasteiger charge is 2.57. The largest absolute Gasteiger partial charge is 0.494 e. The van der Waals surface area contributed by atoms with Crippen LogP contribution < -0.4 is 14.4 Å². The van der Waals surface area contributed by atoms with E-state index >= 15 is 0 Å². The highest BCUT2D eigenvalue weighted by Crippen LogP contribution is 2.45. The molecule has 270 valence electrons. The van der Waals surface area contributed by atoms with Gasteiger partial charge < -0.3 is 9.47 Å². The van der Waals surface area contributed by atoms with Crippen LogP contribution in [0.5, 0.6) is 11.5 Å². The summed E-state index contributed by atoms with van der Waals surface area (Å²) in [6.07, 6.45) is 4.24. The fourth-order valence-electron chi connectivity index (χ4n) is 7.07. The molecule has 3 aliphatic heterocycles. The van der Waals surface area contributed by atoms with Crippen LogP contribution >= 0.6 is 0 Å². The van der Waals surface area contributed by atoms with Crippen LogP contribution in [0, 0.1) is 35.0 Å². The first-order valence-electron chi connectivity index (χ1n) is 16.7. The zero-order chi connectivity index (χ0) is 36.8. The van der Waals surface area contributed by atoms with Gasteiger partial charge in [-0.05, 0) is 80.2 Å². The van der Waals surface area contributed by atoms with E-state index < -0.39 is 77.2 Å². The molecule has 1 aliphatic carbocycles. The molecule has 0 bridgehead atoms. The Labute approximate surface area is 294 Å². The Bertz CT molecular complexity index is 2010. The minimum absolute atomic E-state index is 0.132. The molecule has 0 spiro atoms. The van der Waals surface area contributed by atoms with Crippen molar-refractivity contribution in [3.8, 4) is 11.5 Å². The van der Waals surface area contributed by atoms with E-state index in [1.165, 1.54) is 5.01 Å². The number of imide groups is 1. The normalized spacial score (nSPS) is 23.0. The molecule has 3 aromatic carbocycles. The van der Waals surface area contributed by atoms with E-state index in [0.29, 0.717) is 37.5 Å². The standard InChI is InChI=1S/C36H31F5N6O5/c1-3-51-21-12-8-18(9-13-21)16-20-6-5-7-23-30(20)43-47(32(23)19-10-14-22(15-11-19)52-4-2)24(48)17-45-34-31(42-44-45)35(49)46(36(34)50)33-28(40)26(38)25(37)27(39)29(33)41/h8-16,23,31-32,34H,3-7,17H2,1-2H3/b20-16+/t23-,31+,32-,34-/m1/s1. The minimum atomic E-state index is -2.45. The van der Waals surface area contributed by atoms with Crippen LogP contribution in [0.2, 0.25) is 0 Å². The number of ether oxygens (including phenoxy) is 2. The molecule has 0 radical (unpaired) electrons. The second kappa shape index (κ2) is 13.8. The number of hydrazone groups is 1. The number of carbonyl (C=O) groups is 3. The summed E-state index contributed by atoms with van der Waals surface area (Å²) < 4.78 is 82.4. The number of nitrogens with zero attached hydrogens (tertiary/aromatic N) is 6. The van der Waals surface area contributed by atoms with Gasteiger partial charge in [-0.2, -0.15) is 10.2 Å². The van der Waals surface area contributed by atoms with Crippen LogP contribution in [-0.2, 0) is 14.4 Å². The zero-order valence-corrected chi connectivity index (χ0v) is 27.9. The van der Waals surface area contributed by atoms with Gasteiger partial charge in [0.2, 0.25) is 5.82 Å². The lowest BCUT2D eigenvalue weighted by molar-refractivity contribution is -0.136. The highest BCUT2D eigenvalue weighted by atomic mass is 19.2. The van der Waals surface area contributed by atoms with Gasteiger partial charge in [0.15, 0.2) is 35.4 Å². The summed E-state index contributed by atoms with van der Waals surface area (Å²) in [5, 5.41) is 14.6. The zero-order valence-electron chi connectivity index (χ0n) is 27.9. The predicted molar refractivity (Wildman–Crippen MR) is 175 cm³/mol. The van der Waals surface area contributed by atoms with E-state index in [2.05, 4.69) is 10.3 Å². The Morgan fingerprint density at radius 1 is 0.827 bits per heavy atom. The first-order valence-corrected chi connectivity index (χ1v) is 16.7. The van der Waals surface area contributed by atoms with E-state index in [-0.39, 0.29) is 10.8 Å². The third-order valence-corrected chi connectivity index (χ3v) is 9.39. The van der Waals surface area contributed by atoms with Crippen LogP contribution in [0.15, 0.2) is 69.5 Å². The molecule has 0 aromatic heterocycles. The number of hydrogen-bond donors (Lipinski definition) is 0. The molecule has 1 saturated carbocycles. The van der Waals surface area contributed by atoms with E-state index in [1.807, 2.05) is 56.3 Å². The van der Waals surface area contributed by atoms with Crippen LogP contribution in [-0.4, -0.2) is 65.3 Å². The second-order valence-corrected chi connectivity index (χ2v) is 12.5. The summed E-state index contributed by atoms with van der Waals surface area (Å²) in [7, 11) is 0. The number of hydrogen-bond acceptors (Lipinski definition) is 9. The van der Waals surface area contributed by atoms with E-state index in [0.717, 1.165) is 33.9 Å². The lowest BCUT2D eigenvalue weighted by Crippen LogP contribution is -2.45. The Kier molecular flexibility index (Phi) is 9.23. The smallest absolute Gasteiger partial charge is 0.264 e. The number of benzene rings is 3. The number of rotatable bonds is 9. The monoisotopic (exact) mass is 722 g/mol. The van der Waals surface area contributed by atoms with E-state index in [1.54, 1.807) is 12.1 Å². The maximum Gasteiger partial charge on any atom is 0.264 e. The van der Waals surface area contributed by atoms with Crippen LogP contribution in [0.1, 0.15) is 50.3 Å². The summed E-state index contributed by atoms with van der Waals surface area (Å²) in [6.45, 7) is 4.10. The summed E-state index contributed by atoms with van der Waals surface area (Å²) in [6, 6.07) is 10.9. The quantitative estimate of drug-likeness (QED) is 0.111. The molecule has 7 rings (SSSR count). The minimum Gasteiger partial charge on any atom is -0.494 e. The molecule has 0 unspecified atom stereocenters. The molecule has 16 heteroatoms. The lowest BCUT2D eigenvalue weighted by Gasteiger charge is -2.30. The maximum absolute atomic E-state index is 14.7. The van der Waals surface area contributed by atoms with Crippen molar-refractivity contribution in [2.24, 2.45) is 21.4 Å². The van der Waals surface area contributed by atoms with Crippen molar-refractivity contribution >= 4 is 35.2 Å². The van der Waals surface area contributed by atoms with Gasteiger partial charge in [0.05, 0.1) is 25.0 Å². The van der Waals surface area contributed by atoms with Gasteiger partial charge in [-0.15, -0.1) is 0 Å². The fourth-order valence-corrected chi connectivity index (χ4v) is 7.07. The van der Waals surface area contributed by atoms with Crippen molar-refractivity contribution < 1.29 is 45.8 Å². The summed E-state index contributed by atoms with van der Waals surface area (Å²) in [4.78, 5) is 40.6. The molecule has 3 amide bonds. The average molecular weight is 723 g/mol. The van der Waals surface area contributed by atoms with Gasteiger partial charge >= 0.3 is 0 Å². The Hall–Kier alpha value is -5.67. The Balaban J connectivity index is 1.19. The molecule has 2 fully saturated rings. The maximum atomic E-state index is 14.7. The van der Waals surface area contributed by atoms with Gasteiger partial charge in [0, 0.05) is 5.92 Å². The second-order valence-electron chi connectivity index (χ2n) is 12.5. The van der Waals surface area contributed by atoms with Crippen molar-refractivity contribution in [1.29, 1.82) is 0 Å². The molecule has 1 saturated heterocycles. The third kappa shape index (κ3) is 5.84. The average Bonchev–Trinajstić information content (AvgIpc) is 3.81. The molecule has 0 N–H and O–H groups in total. The molecule has 11 nitrogen and oxygen atoms in total. The molecule has 4 aliphatic rings. The topological polar surface area (TPSA) is 116 Å². The Morgan fingerprint density at radius 3 is 2.04 bits per heavy atom. The van der Waals surface area contributed by atoms with E-state index in [4.69, 9.17) is 14.6 Å². The molecule has 4 atom stereocenters. The van der Waals surface area contributed by atoms with Gasteiger partial charge in [-0.3, -0.25) is 19.4 Å². The number of amides is 3. The van der Waals surface area contributed by atoms with Gasteiger partial charge in [-0.25, -0.2) is 31.9 Å². The lowest BCUT2D eigenvalue weighted by atomic mass is 9.77. The summed E-state index contributed by atoms with van der Waals surface area (Å²) in [5.74, 6) is -14.0. The van der Waals surface area contributed by atoms with Crippen molar-refractivity contribution in [1.82, 2.24) is 10.0 Å².